The van der Waals surface area contributed by atoms with Gasteiger partial charge in [0, 0.05) is 25.7 Å². The summed E-state index contributed by atoms with van der Waals surface area (Å²) in [6.07, 6.45) is 8.40. The third-order valence-electron chi connectivity index (χ3n) is 5.08. The van der Waals surface area contributed by atoms with Crippen LogP contribution < -0.4 is 20.3 Å². The molecular weight excluding hydrogens is 414 g/mol. The van der Waals surface area contributed by atoms with Crippen molar-refractivity contribution < 1.29 is 14.6 Å². The number of benzene rings is 1. The molecule has 1 N–H and O–H groups in total. The van der Waals surface area contributed by atoms with Crippen molar-refractivity contribution in [2.24, 2.45) is 0 Å². The van der Waals surface area contributed by atoms with Gasteiger partial charge in [0.15, 0.2) is 0 Å². The summed E-state index contributed by atoms with van der Waals surface area (Å²) in [4.78, 5) is 16.3. The molecule has 0 atom stereocenters. The first-order valence-electron chi connectivity index (χ1n) is 10.5. The Balaban J connectivity index is 0.000000628. The van der Waals surface area contributed by atoms with E-state index in [1.807, 2.05) is 18.2 Å². The number of carbonyl (C=O) groups is 1. The van der Waals surface area contributed by atoms with E-state index in [0.717, 1.165) is 68.4 Å². The quantitative estimate of drug-likeness (QED) is 0.778. The maximum absolute atomic E-state index is 9.00. The number of hydrogen-bond donors (Lipinski definition) is 1. The molecule has 2 aliphatic rings. The van der Waals surface area contributed by atoms with E-state index >= 15 is 0 Å². The van der Waals surface area contributed by atoms with Gasteiger partial charge in [-0.05, 0) is 55.2 Å². The first-order chi connectivity index (χ1) is 14.9. The zero-order valence-electron chi connectivity index (χ0n) is 18.2. The average Bonchev–Trinajstić information content (AvgIpc) is 2.86. The number of rotatable bonds is 4. The Morgan fingerprint density at radius 1 is 1.23 bits per heavy atom. The summed E-state index contributed by atoms with van der Waals surface area (Å²) in [6, 6.07) is 8.19. The number of anilines is 2. The Morgan fingerprint density at radius 3 is 2.55 bits per heavy atom. The van der Waals surface area contributed by atoms with Gasteiger partial charge >= 0.3 is 0 Å². The number of ether oxygens (including phenoxy) is 1. The Kier molecular flexibility index (Phi) is 7.61. The number of imidazole rings is 1. The van der Waals surface area contributed by atoms with Gasteiger partial charge < -0.3 is 19.3 Å². The Bertz CT molecular complexity index is 1120. The highest BCUT2D eigenvalue weighted by Crippen LogP contribution is 2.27. The predicted octanol–water partition coefficient (Wildman–Crippen LogP) is 3.94. The molecule has 6 nitrogen and oxygen atoms in total. The van der Waals surface area contributed by atoms with Crippen molar-refractivity contribution in [1.82, 2.24) is 9.55 Å². The number of aromatic nitrogens is 2. The molecule has 0 spiro atoms. The number of allylic oxidation sites excluding steroid dienone is 3. The highest BCUT2D eigenvalue weighted by Gasteiger charge is 2.21. The topological polar surface area (TPSA) is 67.6 Å². The molecule has 0 saturated heterocycles. The third kappa shape index (κ3) is 5.40. The standard InChI is InChI=1S/C22H24ClN3O.C2H4O2/c1-3-6-16-7-8-17(23)15-20-21(16)26-14-5-4-13-25(22(26)24-20)18-9-11-19(27-2)12-10-18;1-2(3)4/h7-12H,3-6,13-14H2,1-2H3;1H3,(H,3,4). The van der Waals surface area contributed by atoms with E-state index in [-0.39, 0.29) is 0 Å². The van der Waals surface area contributed by atoms with Crippen LogP contribution in [-0.4, -0.2) is 34.3 Å². The normalized spacial score (nSPS) is 14.8. The molecule has 7 heteroatoms. The van der Waals surface area contributed by atoms with Gasteiger partial charge in [0.05, 0.1) is 17.5 Å². The molecule has 0 radical (unpaired) electrons. The van der Waals surface area contributed by atoms with Gasteiger partial charge in [0.2, 0.25) is 5.95 Å². The van der Waals surface area contributed by atoms with E-state index < -0.39 is 5.97 Å². The van der Waals surface area contributed by atoms with Gasteiger partial charge in [-0.15, -0.1) is 0 Å². The minimum atomic E-state index is -0.833. The van der Waals surface area contributed by atoms with Crippen molar-refractivity contribution in [1.29, 1.82) is 0 Å². The van der Waals surface area contributed by atoms with Crippen molar-refractivity contribution in [3.63, 3.8) is 0 Å². The monoisotopic (exact) mass is 441 g/mol. The molecule has 4 rings (SSSR count). The fraction of sp³-hybridized carbons (Fsp3) is 0.375. The number of fused-ring (bicyclic) bond motifs is 3. The fourth-order valence-corrected chi connectivity index (χ4v) is 3.95. The second kappa shape index (κ2) is 10.4. The van der Waals surface area contributed by atoms with Crippen LogP contribution in [0.2, 0.25) is 0 Å². The van der Waals surface area contributed by atoms with Crippen LogP contribution >= 0.6 is 11.6 Å². The van der Waals surface area contributed by atoms with Crippen LogP contribution in [-0.2, 0) is 11.3 Å². The number of aliphatic carboxylic acids is 1. The highest BCUT2D eigenvalue weighted by atomic mass is 35.5. The first kappa shape index (κ1) is 22.7. The molecule has 0 saturated carbocycles. The van der Waals surface area contributed by atoms with Crippen LogP contribution in [0.1, 0.15) is 39.5 Å². The van der Waals surface area contributed by atoms with Gasteiger partial charge in [-0.25, -0.2) is 4.98 Å². The van der Waals surface area contributed by atoms with Gasteiger partial charge in [0.25, 0.3) is 5.97 Å². The van der Waals surface area contributed by atoms with Crippen molar-refractivity contribution in [2.75, 3.05) is 18.6 Å². The van der Waals surface area contributed by atoms with Crippen molar-refractivity contribution in [2.45, 2.75) is 46.1 Å². The van der Waals surface area contributed by atoms with Gasteiger partial charge in [-0.1, -0.05) is 36.8 Å². The number of halogens is 1. The lowest BCUT2D eigenvalue weighted by atomic mass is 10.1. The number of nitrogens with zero attached hydrogens (tertiary/aromatic N) is 3. The number of carboxylic acid groups (broad SMARTS) is 1. The fourth-order valence-electron chi connectivity index (χ4n) is 3.80. The largest absolute Gasteiger partial charge is 0.497 e. The summed E-state index contributed by atoms with van der Waals surface area (Å²) in [6.45, 7) is 5.19. The van der Waals surface area contributed by atoms with E-state index in [4.69, 9.17) is 31.2 Å². The molecule has 0 fully saturated rings. The second-order valence-electron chi connectivity index (χ2n) is 7.42. The van der Waals surface area contributed by atoms with E-state index in [2.05, 4.69) is 40.3 Å². The van der Waals surface area contributed by atoms with Crippen LogP contribution in [0.4, 0.5) is 11.6 Å². The molecule has 1 aliphatic heterocycles. The molecule has 164 valence electrons. The van der Waals surface area contributed by atoms with Crippen molar-refractivity contribution in [3.8, 4) is 5.75 Å². The zero-order chi connectivity index (χ0) is 22.4. The van der Waals surface area contributed by atoms with E-state index in [1.165, 1.54) is 10.9 Å². The van der Waals surface area contributed by atoms with E-state index in [0.29, 0.717) is 5.03 Å². The summed E-state index contributed by atoms with van der Waals surface area (Å²) in [7, 11) is 1.69. The predicted molar refractivity (Wildman–Crippen MR) is 124 cm³/mol. The minimum Gasteiger partial charge on any atom is -0.497 e. The molecule has 2 aromatic rings. The molecule has 1 aromatic heterocycles. The average molecular weight is 442 g/mol. The van der Waals surface area contributed by atoms with Gasteiger partial charge in [0.1, 0.15) is 11.1 Å². The summed E-state index contributed by atoms with van der Waals surface area (Å²) in [5.41, 5.74) is 5.68. The zero-order valence-corrected chi connectivity index (χ0v) is 18.9. The van der Waals surface area contributed by atoms with Crippen molar-refractivity contribution in [3.05, 3.63) is 52.1 Å². The van der Waals surface area contributed by atoms with Gasteiger partial charge in [-0.3, -0.25) is 4.79 Å². The Labute approximate surface area is 187 Å². The maximum Gasteiger partial charge on any atom is 0.300 e. The van der Waals surface area contributed by atoms with Crippen LogP contribution in [0.15, 0.2) is 41.4 Å². The Hall–Kier alpha value is -2.95. The van der Waals surface area contributed by atoms with Crippen LogP contribution in [0, 0.1) is 0 Å². The number of hydrogen-bond acceptors (Lipinski definition) is 4. The highest BCUT2D eigenvalue weighted by molar-refractivity contribution is 6.32. The number of methoxy groups -OCH3 is 1. The van der Waals surface area contributed by atoms with Crippen LogP contribution in [0.3, 0.4) is 0 Å². The SMILES string of the molecule is CC(=O)O.CCCC1=c2c(nc3n2CCCCN3c2ccc(OC)cc2)=C=C(Cl)C=C1. The van der Waals surface area contributed by atoms with Crippen LogP contribution in [0.5, 0.6) is 5.75 Å². The van der Waals surface area contributed by atoms with E-state index in [9.17, 15) is 0 Å². The molecular formula is C24H28ClN3O3. The lowest BCUT2D eigenvalue weighted by Crippen LogP contribution is -2.32. The van der Waals surface area contributed by atoms with Crippen molar-refractivity contribution >= 4 is 40.5 Å². The third-order valence-corrected chi connectivity index (χ3v) is 5.30. The summed E-state index contributed by atoms with van der Waals surface area (Å²) < 4.78 is 7.66. The summed E-state index contributed by atoms with van der Waals surface area (Å²) >= 11 is 6.33. The summed E-state index contributed by atoms with van der Waals surface area (Å²) in [5.74, 6) is 1.00. The van der Waals surface area contributed by atoms with Gasteiger partial charge in [-0.2, -0.15) is 0 Å². The molecule has 2 heterocycles. The smallest absolute Gasteiger partial charge is 0.300 e. The molecule has 0 unspecified atom stereocenters. The maximum atomic E-state index is 9.00. The first-order valence-corrected chi connectivity index (χ1v) is 10.9. The van der Waals surface area contributed by atoms with E-state index in [1.54, 1.807) is 7.11 Å². The van der Waals surface area contributed by atoms with Crippen LogP contribution in [0.25, 0.3) is 11.3 Å². The molecule has 0 bridgehead atoms. The lowest BCUT2D eigenvalue weighted by Gasteiger charge is -2.22. The number of carboxylic acids is 1. The Morgan fingerprint density at radius 2 is 1.90 bits per heavy atom. The molecule has 1 aliphatic carbocycles. The minimum absolute atomic E-state index is 0.603. The second-order valence-corrected chi connectivity index (χ2v) is 7.83. The summed E-state index contributed by atoms with van der Waals surface area (Å²) in [5, 5.41) is 10.0. The molecule has 31 heavy (non-hydrogen) atoms. The lowest BCUT2D eigenvalue weighted by molar-refractivity contribution is -0.134. The molecule has 1 aromatic carbocycles. The molecule has 0 amide bonds.